The van der Waals surface area contributed by atoms with Crippen LogP contribution in [0.1, 0.15) is 23.7 Å². The van der Waals surface area contributed by atoms with Crippen molar-refractivity contribution in [2.45, 2.75) is 19.0 Å². The Morgan fingerprint density at radius 2 is 2.05 bits per heavy atom. The predicted octanol–water partition coefficient (Wildman–Crippen LogP) is 1.81. The minimum atomic E-state index is -0.299. The maximum atomic E-state index is 12.7. The molecule has 2 fully saturated rings. The fraction of sp³-hybridized carbons (Fsp3) is 0.353. The lowest BCUT2D eigenvalue weighted by atomic mass is 9.83. The summed E-state index contributed by atoms with van der Waals surface area (Å²) >= 11 is 0. The number of para-hydroxylation sites is 1. The van der Waals surface area contributed by atoms with Gasteiger partial charge in [0, 0.05) is 11.9 Å². The molecule has 3 aliphatic heterocycles. The number of esters is 1. The van der Waals surface area contributed by atoms with E-state index in [1.54, 1.807) is 0 Å². The Kier molecular flexibility index (Phi) is 2.24. The fourth-order valence-corrected chi connectivity index (χ4v) is 4.02. The number of cyclic esters (lactones) is 1. The summed E-state index contributed by atoms with van der Waals surface area (Å²) in [6.07, 6.45) is 0.633. The number of aromatic nitrogens is 1. The van der Waals surface area contributed by atoms with Crippen LogP contribution >= 0.6 is 0 Å². The number of fused-ring (bicyclic) bond motifs is 5. The van der Waals surface area contributed by atoms with E-state index in [-0.39, 0.29) is 36.4 Å². The molecule has 4 heterocycles. The maximum absolute atomic E-state index is 12.7. The summed E-state index contributed by atoms with van der Waals surface area (Å²) in [4.78, 5) is 31.2. The standard InChI is InChI=1S/C17H14N2O3/c20-16-12-8-22-17(21)11(12)6-14-15-10(7-19(14)16)5-9-3-1-2-4-13(9)18-15/h1-5,11-12,14H,6-8H2/t11-,12+,14+/m0/s1. The molecule has 0 unspecified atom stereocenters. The van der Waals surface area contributed by atoms with Gasteiger partial charge in [0.1, 0.15) is 6.61 Å². The first-order valence-electron chi connectivity index (χ1n) is 7.58. The number of hydrogen-bond donors (Lipinski definition) is 0. The van der Waals surface area contributed by atoms with Crippen LogP contribution in [0, 0.1) is 11.8 Å². The minimum Gasteiger partial charge on any atom is -0.465 e. The summed E-state index contributed by atoms with van der Waals surface area (Å²) in [7, 11) is 0. The number of pyridine rings is 1. The molecule has 110 valence electrons. The highest BCUT2D eigenvalue weighted by atomic mass is 16.5. The van der Waals surface area contributed by atoms with Gasteiger partial charge in [0.05, 0.1) is 29.1 Å². The minimum absolute atomic E-state index is 0.0363. The third-order valence-corrected chi connectivity index (χ3v) is 5.14. The van der Waals surface area contributed by atoms with Gasteiger partial charge in [-0.2, -0.15) is 0 Å². The van der Waals surface area contributed by atoms with Crippen molar-refractivity contribution in [2.24, 2.45) is 11.8 Å². The maximum Gasteiger partial charge on any atom is 0.309 e. The van der Waals surface area contributed by atoms with Crippen molar-refractivity contribution in [3.63, 3.8) is 0 Å². The first-order valence-corrected chi connectivity index (χ1v) is 7.58. The molecule has 0 N–H and O–H groups in total. The number of rotatable bonds is 0. The predicted molar refractivity (Wildman–Crippen MR) is 77.6 cm³/mol. The second-order valence-electron chi connectivity index (χ2n) is 6.29. The molecule has 1 aromatic heterocycles. The van der Waals surface area contributed by atoms with E-state index in [2.05, 4.69) is 6.07 Å². The number of carbonyl (C=O) groups excluding carboxylic acids is 2. The summed E-state index contributed by atoms with van der Waals surface area (Å²) in [5.41, 5.74) is 2.99. The molecule has 3 atom stereocenters. The molecule has 1 amide bonds. The topological polar surface area (TPSA) is 59.5 Å². The number of amides is 1. The number of nitrogens with zero attached hydrogens (tertiary/aromatic N) is 2. The van der Waals surface area contributed by atoms with Crippen LogP contribution in [-0.4, -0.2) is 28.4 Å². The van der Waals surface area contributed by atoms with E-state index >= 15 is 0 Å². The van der Waals surface area contributed by atoms with E-state index in [1.807, 2.05) is 29.2 Å². The van der Waals surface area contributed by atoms with Gasteiger partial charge in [-0.1, -0.05) is 18.2 Å². The Morgan fingerprint density at radius 1 is 1.18 bits per heavy atom. The zero-order valence-electron chi connectivity index (χ0n) is 11.9. The monoisotopic (exact) mass is 294 g/mol. The van der Waals surface area contributed by atoms with Crippen molar-refractivity contribution in [1.29, 1.82) is 0 Å². The second kappa shape index (κ2) is 4.06. The molecule has 0 spiro atoms. The number of benzene rings is 1. The highest BCUT2D eigenvalue weighted by molar-refractivity contribution is 5.90. The van der Waals surface area contributed by atoms with E-state index in [1.165, 1.54) is 0 Å². The van der Waals surface area contributed by atoms with Crippen LogP contribution in [0.2, 0.25) is 0 Å². The van der Waals surface area contributed by atoms with Crippen LogP contribution < -0.4 is 0 Å². The van der Waals surface area contributed by atoms with Gasteiger partial charge in [-0.25, -0.2) is 0 Å². The van der Waals surface area contributed by atoms with Gasteiger partial charge < -0.3 is 9.64 Å². The first-order chi connectivity index (χ1) is 10.7. The Labute approximate surface area is 126 Å². The Morgan fingerprint density at radius 3 is 2.95 bits per heavy atom. The smallest absolute Gasteiger partial charge is 0.309 e. The zero-order valence-corrected chi connectivity index (χ0v) is 11.9. The lowest BCUT2D eigenvalue weighted by Crippen LogP contribution is -2.44. The molecule has 5 nitrogen and oxygen atoms in total. The van der Waals surface area contributed by atoms with Gasteiger partial charge in [-0.15, -0.1) is 0 Å². The van der Waals surface area contributed by atoms with Crippen molar-refractivity contribution < 1.29 is 14.3 Å². The van der Waals surface area contributed by atoms with Crippen LogP contribution in [0.3, 0.4) is 0 Å². The van der Waals surface area contributed by atoms with E-state index in [0.717, 1.165) is 22.2 Å². The first kappa shape index (κ1) is 12.1. The quantitative estimate of drug-likeness (QED) is 0.695. The summed E-state index contributed by atoms with van der Waals surface area (Å²) < 4.78 is 5.09. The average Bonchev–Trinajstić information content (AvgIpc) is 3.07. The molecule has 5 rings (SSSR count). The summed E-state index contributed by atoms with van der Waals surface area (Å²) in [6, 6.07) is 10.0. The van der Waals surface area contributed by atoms with Gasteiger partial charge >= 0.3 is 5.97 Å². The molecule has 2 saturated heterocycles. The molecule has 3 aliphatic rings. The highest BCUT2D eigenvalue weighted by Gasteiger charge is 2.52. The Balaban J connectivity index is 1.63. The van der Waals surface area contributed by atoms with Crippen LogP contribution in [0.15, 0.2) is 30.3 Å². The molecular weight excluding hydrogens is 280 g/mol. The van der Waals surface area contributed by atoms with Crippen molar-refractivity contribution in [3.8, 4) is 0 Å². The van der Waals surface area contributed by atoms with Crippen LogP contribution in [0.25, 0.3) is 10.9 Å². The largest absolute Gasteiger partial charge is 0.465 e. The van der Waals surface area contributed by atoms with Gasteiger partial charge in [0.2, 0.25) is 5.91 Å². The fourth-order valence-electron chi connectivity index (χ4n) is 4.02. The van der Waals surface area contributed by atoms with Crippen molar-refractivity contribution in [2.75, 3.05) is 6.61 Å². The van der Waals surface area contributed by atoms with Gasteiger partial charge in [0.25, 0.3) is 0 Å². The van der Waals surface area contributed by atoms with Gasteiger partial charge in [-0.05, 0) is 24.1 Å². The normalized spacial score (nSPS) is 29.3. The van der Waals surface area contributed by atoms with E-state index in [4.69, 9.17) is 9.72 Å². The van der Waals surface area contributed by atoms with E-state index in [0.29, 0.717) is 13.0 Å². The lowest BCUT2D eigenvalue weighted by Gasteiger charge is -2.34. The third kappa shape index (κ3) is 1.46. The lowest BCUT2D eigenvalue weighted by molar-refractivity contribution is -0.148. The number of carbonyl (C=O) groups is 2. The van der Waals surface area contributed by atoms with Crippen molar-refractivity contribution >= 4 is 22.8 Å². The highest BCUT2D eigenvalue weighted by Crippen LogP contribution is 2.46. The molecule has 0 radical (unpaired) electrons. The van der Waals surface area contributed by atoms with Crippen LogP contribution in [-0.2, 0) is 20.9 Å². The number of piperidine rings is 1. The van der Waals surface area contributed by atoms with Crippen LogP contribution in [0.4, 0.5) is 0 Å². The van der Waals surface area contributed by atoms with Gasteiger partial charge in [-0.3, -0.25) is 14.6 Å². The van der Waals surface area contributed by atoms with Crippen LogP contribution in [0.5, 0.6) is 0 Å². The average molecular weight is 294 g/mol. The van der Waals surface area contributed by atoms with E-state index in [9.17, 15) is 9.59 Å². The van der Waals surface area contributed by atoms with Crippen molar-refractivity contribution in [1.82, 2.24) is 9.88 Å². The summed E-state index contributed by atoms with van der Waals surface area (Å²) in [5, 5.41) is 1.09. The molecule has 0 bridgehead atoms. The molecular formula is C17H14N2O3. The molecule has 2 aromatic rings. The molecule has 5 heteroatoms. The molecule has 1 aromatic carbocycles. The third-order valence-electron chi connectivity index (χ3n) is 5.14. The molecule has 0 saturated carbocycles. The number of ether oxygens (including phenoxy) is 1. The molecule has 0 aliphatic carbocycles. The van der Waals surface area contributed by atoms with Gasteiger partial charge in [0.15, 0.2) is 0 Å². The Hall–Kier alpha value is -2.43. The summed E-state index contributed by atoms with van der Waals surface area (Å²) in [5.74, 6) is -0.790. The molecule has 22 heavy (non-hydrogen) atoms. The Bertz CT molecular complexity index is 832. The second-order valence-corrected chi connectivity index (χ2v) is 6.29. The number of hydrogen-bond acceptors (Lipinski definition) is 4. The van der Waals surface area contributed by atoms with Crippen molar-refractivity contribution in [3.05, 3.63) is 41.6 Å². The summed E-state index contributed by atoms with van der Waals surface area (Å²) in [6.45, 7) is 0.825. The zero-order chi connectivity index (χ0) is 14.8. The van der Waals surface area contributed by atoms with E-state index < -0.39 is 0 Å². The SMILES string of the molecule is O=C1OC[C@H]2C(=O)N3Cc4cc5ccccc5nc4[C@H]3C[C@H]12.